The van der Waals surface area contributed by atoms with Gasteiger partial charge in [0.2, 0.25) is 0 Å². The van der Waals surface area contributed by atoms with E-state index < -0.39 is 0 Å². The van der Waals surface area contributed by atoms with E-state index in [1.54, 1.807) is 6.07 Å². The van der Waals surface area contributed by atoms with E-state index in [0.717, 1.165) is 16.5 Å². The molecule has 2 rings (SSSR count). The second kappa shape index (κ2) is 4.78. The van der Waals surface area contributed by atoms with Gasteiger partial charge in [-0.2, -0.15) is 5.10 Å². The lowest BCUT2D eigenvalue weighted by molar-refractivity contribution is 0.0956. The molecule has 2 aromatic carbocycles. The minimum atomic E-state index is -0.178. The molecular weight excluding hydrogens is 212 g/mol. The van der Waals surface area contributed by atoms with Crippen LogP contribution in [0.5, 0.6) is 0 Å². The smallest absolute Gasteiger partial charge is 0.267 e. The number of hydrazone groups is 1. The maximum atomic E-state index is 11.9. The lowest BCUT2D eigenvalue weighted by Gasteiger charge is -2.04. The monoisotopic (exact) mass is 226 g/mol. The van der Waals surface area contributed by atoms with Crippen LogP contribution in [0.1, 0.15) is 24.2 Å². The number of carbonyl (C=O) groups excluding carboxylic acids is 1. The van der Waals surface area contributed by atoms with E-state index in [2.05, 4.69) is 10.5 Å². The summed E-state index contributed by atoms with van der Waals surface area (Å²) in [6.45, 7) is 3.67. The Bertz CT molecular complexity index is 578. The summed E-state index contributed by atoms with van der Waals surface area (Å²) in [5.74, 6) is -0.178. The number of hydrogen-bond acceptors (Lipinski definition) is 2. The minimum absolute atomic E-state index is 0.178. The lowest BCUT2D eigenvalue weighted by atomic mass is 10.0. The van der Waals surface area contributed by atoms with Crippen LogP contribution in [0.25, 0.3) is 10.8 Å². The molecule has 0 heterocycles. The summed E-state index contributed by atoms with van der Waals surface area (Å²) in [5.41, 5.74) is 4.00. The highest BCUT2D eigenvalue weighted by Crippen LogP contribution is 2.18. The molecule has 1 amide bonds. The average Bonchev–Trinajstić information content (AvgIpc) is 2.35. The van der Waals surface area contributed by atoms with Crippen LogP contribution in [-0.4, -0.2) is 11.6 Å². The molecule has 0 aliphatic rings. The zero-order valence-electron chi connectivity index (χ0n) is 9.90. The highest BCUT2D eigenvalue weighted by atomic mass is 16.2. The van der Waals surface area contributed by atoms with Gasteiger partial charge in [0, 0.05) is 11.3 Å². The average molecular weight is 226 g/mol. The number of fused-ring (bicyclic) bond motifs is 1. The largest absolute Gasteiger partial charge is 0.271 e. The molecule has 0 fully saturated rings. The molecule has 0 atom stereocenters. The van der Waals surface area contributed by atoms with E-state index in [4.69, 9.17) is 0 Å². The summed E-state index contributed by atoms with van der Waals surface area (Å²) >= 11 is 0. The van der Waals surface area contributed by atoms with E-state index in [0.29, 0.717) is 5.56 Å². The van der Waals surface area contributed by atoms with Crippen LogP contribution in [0.4, 0.5) is 0 Å². The third kappa shape index (κ3) is 2.50. The highest BCUT2D eigenvalue weighted by molar-refractivity contribution is 6.07. The molecule has 0 aromatic heterocycles. The Morgan fingerprint density at radius 1 is 1.06 bits per heavy atom. The van der Waals surface area contributed by atoms with Crippen LogP contribution in [0.15, 0.2) is 47.6 Å². The number of benzene rings is 2. The second-order valence-electron chi connectivity index (χ2n) is 4.03. The Morgan fingerprint density at radius 3 is 2.53 bits per heavy atom. The molecular formula is C14H14N2O. The number of carbonyl (C=O) groups is 1. The SMILES string of the molecule is CC(C)=NNC(=O)c1cccc2ccccc12. The molecule has 17 heavy (non-hydrogen) atoms. The fourth-order valence-electron chi connectivity index (χ4n) is 1.65. The van der Waals surface area contributed by atoms with Gasteiger partial charge in [-0.25, -0.2) is 5.43 Å². The second-order valence-corrected chi connectivity index (χ2v) is 4.03. The third-order valence-corrected chi connectivity index (χ3v) is 2.42. The van der Waals surface area contributed by atoms with Gasteiger partial charge in [0.25, 0.3) is 5.91 Å². The molecule has 3 heteroatoms. The van der Waals surface area contributed by atoms with Gasteiger partial charge in [0.1, 0.15) is 0 Å². The molecule has 0 spiro atoms. The van der Waals surface area contributed by atoms with Crippen LogP contribution in [-0.2, 0) is 0 Å². The summed E-state index contributed by atoms with van der Waals surface area (Å²) in [6, 6.07) is 13.5. The summed E-state index contributed by atoms with van der Waals surface area (Å²) in [4.78, 5) is 11.9. The predicted octanol–water partition coefficient (Wildman–Crippen LogP) is 2.97. The van der Waals surface area contributed by atoms with Gasteiger partial charge in [-0.3, -0.25) is 4.79 Å². The van der Waals surface area contributed by atoms with Gasteiger partial charge in [-0.15, -0.1) is 0 Å². The Morgan fingerprint density at radius 2 is 1.76 bits per heavy atom. The fraction of sp³-hybridized carbons (Fsp3) is 0.143. The first kappa shape index (κ1) is 11.3. The first-order valence-corrected chi connectivity index (χ1v) is 5.47. The zero-order valence-corrected chi connectivity index (χ0v) is 9.90. The van der Waals surface area contributed by atoms with Crippen molar-refractivity contribution in [2.45, 2.75) is 13.8 Å². The summed E-state index contributed by atoms with van der Waals surface area (Å²) in [7, 11) is 0. The van der Waals surface area contributed by atoms with Crippen molar-refractivity contribution in [3.8, 4) is 0 Å². The fourth-order valence-corrected chi connectivity index (χ4v) is 1.65. The normalized spacial score (nSPS) is 10.0. The van der Waals surface area contributed by atoms with E-state index in [1.807, 2.05) is 50.2 Å². The van der Waals surface area contributed by atoms with E-state index in [-0.39, 0.29) is 5.91 Å². The molecule has 3 nitrogen and oxygen atoms in total. The molecule has 0 aliphatic carbocycles. The standard InChI is InChI=1S/C14H14N2O/c1-10(2)15-16-14(17)13-9-5-7-11-6-3-4-8-12(11)13/h3-9H,1-2H3,(H,16,17). The summed E-state index contributed by atoms with van der Waals surface area (Å²) < 4.78 is 0. The molecule has 0 aliphatic heterocycles. The molecule has 0 saturated heterocycles. The van der Waals surface area contributed by atoms with Crippen LogP contribution in [0, 0.1) is 0 Å². The van der Waals surface area contributed by atoms with Gasteiger partial charge >= 0.3 is 0 Å². The van der Waals surface area contributed by atoms with E-state index in [1.165, 1.54) is 0 Å². The van der Waals surface area contributed by atoms with Crippen molar-refractivity contribution in [1.82, 2.24) is 5.43 Å². The molecule has 86 valence electrons. The molecule has 2 aromatic rings. The van der Waals surface area contributed by atoms with Gasteiger partial charge < -0.3 is 0 Å². The van der Waals surface area contributed by atoms with Gasteiger partial charge in [0.15, 0.2) is 0 Å². The van der Waals surface area contributed by atoms with Crippen molar-refractivity contribution in [3.05, 3.63) is 48.0 Å². The Labute approximate surface area is 100 Å². The Hall–Kier alpha value is -2.16. The quantitative estimate of drug-likeness (QED) is 0.620. The van der Waals surface area contributed by atoms with Crippen molar-refractivity contribution in [3.63, 3.8) is 0 Å². The molecule has 0 bridgehead atoms. The maximum Gasteiger partial charge on any atom is 0.271 e. The van der Waals surface area contributed by atoms with Crippen molar-refractivity contribution in [2.75, 3.05) is 0 Å². The number of nitrogens with zero attached hydrogens (tertiary/aromatic N) is 1. The Kier molecular flexibility index (Phi) is 3.19. The van der Waals surface area contributed by atoms with Crippen molar-refractivity contribution >= 4 is 22.4 Å². The highest BCUT2D eigenvalue weighted by Gasteiger charge is 2.08. The third-order valence-electron chi connectivity index (χ3n) is 2.42. The van der Waals surface area contributed by atoms with Crippen LogP contribution in [0.2, 0.25) is 0 Å². The molecule has 0 radical (unpaired) electrons. The number of nitrogens with one attached hydrogen (secondary N) is 1. The summed E-state index contributed by atoms with van der Waals surface area (Å²) in [6.07, 6.45) is 0. The molecule has 0 saturated carbocycles. The predicted molar refractivity (Wildman–Crippen MR) is 70.2 cm³/mol. The van der Waals surface area contributed by atoms with Gasteiger partial charge in [0.05, 0.1) is 0 Å². The topological polar surface area (TPSA) is 41.5 Å². The van der Waals surface area contributed by atoms with E-state index >= 15 is 0 Å². The van der Waals surface area contributed by atoms with Crippen molar-refractivity contribution in [1.29, 1.82) is 0 Å². The van der Waals surface area contributed by atoms with Gasteiger partial charge in [-0.05, 0) is 30.7 Å². The number of rotatable bonds is 2. The first-order chi connectivity index (χ1) is 8.18. The van der Waals surface area contributed by atoms with Crippen LogP contribution >= 0.6 is 0 Å². The zero-order chi connectivity index (χ0) is 12.3. The molecule has 1 N–H and O–H groups in total. The molecule has 0 unspecified atom stereocenters. The summed E-state index contributed by atoms with van der Waals surface area (Å²) in [5, 5.41) is 5.92. The van der Waals surface area contributed by atoms with Crippen LogP contribution < -0.4 is 5.43 Å². The maximum absolute atomic E-state index is 11.9. The number of amides is 1. The van der Waals surface area contributed by atoms with E-state index in [9.17, 15) is 4.79 Å². The van der Waals surface area contributed by atoms with Crippen molar-refractivity contribution in [2.24, 2.45) is 5.10 Å². The number of hydrogen-bond donors (Lipinski definition) is 1. The Balaban J connectivity index is 2.42. The van der Waals surface area contributed by atoms with Gasteiger partial charge in [-0.1, -0.05) is 36.4 Å². The lowest BCUT2D eigenvalue weighted by Crippen LogP contribution is -2.18. The van der Waals surface area contributed by atoms with Crippen LogP contribution in [0.3, 0.4) is 0 Å². The first-order valence-electron chi connectivity index (χ1n) is 5.47. The van der Waals surface area contributed by atoms with Crippen molar-refractivity contribution < 1.29 is 4.79 Å². The minimum Gasteiger partial charge on any atom is -0.267 e.